The second-order valence-corrected chi connectivity index (χ2v) is 14.8. The van der Waals surface area contributed by atoms with E-state index in [9.17, 15) is 19.8 Å². The van der Waals surface area contributed by atoms with Gasteiger partial charge in [-0.3, -0.25) is 0 Å². The van der Waals surface area contributed by atoms with Crippen molar-refractivity contribution in [1.82, 2.24) is 0 Å². The first-order chi connectivity index (χ1) is 7.46. The monoisotopic (exact) mass is 436 g/mol. The molecule has 0 saturated carbocycles. The zero-order valence-electron chi connectivity index (χ0n) is 14.3. The van der Waals surface area contributed by atoms with Gasteiger partial charge in [-0.05, 0) is 0 Å². The first kappa shape index (κ1) is 32.6. The molecule has 0 aliphatic carbocycles. The molecule has 0 heterocycles. The van der Waals surface area contributed by atoms with Crippen LogP contribution in [-0.2, 0) is 0 Å². The molecular weight excluding hydrogens is 404 g/mol. The quantitative estimate of drug-likeness (QED) is 0.495. The minimum atomic E-state index is -1.86. The average Bonchev–Trinajstić information content (AvgIpc) is 1.70. The van der Waals surface area contributed by atoms with Crippen molar-refractivity contribution in [1.29, 1.82) is 0 Å². The third-order valence-electron chi connectivity index (χ3n) is 0. The van der Waals surface area contributed by atoms with E-state index in [1.54, 1.807) is 67.0 Å². The van der Waals surface area contributed by atoms with Crippen LogP contribution in [0.1, 0.15) is 27.7 Å². The fraction of sp³-hybridized carbons (Fsp3) is 1.00. The Morgan fingerprint density at radius 1 is 0.579 bits per heavy atom. The maximum atomic E-state index is 10.2. The molecule has 0 unspecified atom stereocenters. The Bertz CT molecular complexity index is 119. The van der Waals surface area contributed by atoms with Gasteiger partial charge in [0.15, 0.2) is 0 Å². The summed E-state index contributed by atoms with van der Waals surface area (Å²) in [6, 6.07) is 0. The van der Waals surface area contributed by atoms with Crippen LogP contribution in [0.5, 0.6) is 0 Å². The van der Waals surface area contributed by atoms with Crippen LogP contribution in [0.4, 0.5) is 0 Å². The normalized spacial score (nSPS) is 10.1. The summed E-state index contributed by atoms with van der Waals surface area (Å²) in [6.45, 7) is 17.1. The predicted octanol–water partition coefficient (Wildman–Crippen LogP) is -0.127. The number of hydrogen-bond acceptors (Lipinski definition) is 4. The van der Waals surface area contributed by atoms with Crippen LogP contribution in [0.2, 0.25) is 39.3 Å². The molecule has 0 atom stereocenters. The van der Waals surface area contributed by atoms with Gasteiger partial charge in [-0.25, -0.2) is 0 Å². The molecule has 0 spiro atoms. The first-order valence-electron chi connectivity index (χ1n) is 6.19. The zero-order chi connectivity index (χ0) is 16.2. The Morgan fingerprint density at radius 2 is 0.579 bits per heavy atom. The van der Waals surface area contributed by atoms with Gasteiger partial charge in [0.25, 0.3) is 0 Å². The van der Waals surface area contributed by atoms with E-state index in [0.29, 0.717) is 0 Å². The van der Waals surface area contributed by atoms with Gasteiger partial charge in [-0.15, -0.1) is 12.2 Å². The molecule has 7 heteroatoms. The van der Waals surface area contributed by atoms with Crippen molar-refractivity contribution < 1.29 is 61.6 Å². The van der Waals surface area contributed by atoms with Crippen molar-refractivity contribution in [3.63, 3.8) is 0 Å². The molecule has 0 aromatic rings. The van der Waals surface area contributed by atoms with Crippen LogP contribution in [0.15, 0.2) is 0 Å². The molecule has 0 aromatic carbocycles. The van der Waals surface area contributed by atoms with E-state index in [2.05, 4.69) is 0 Å². The van der Waals surface area contributed by atoms with Gasteiger partial charge in [-0.1, -0.05) is 83.6 Å². The minimum Gasteiger partial charge on any atom is -0.859 e. The van der Waals surface area contributed by atoms with Crippen molar-refractivity contribution in [3.8, 4) is 0 Å². The van der Waals surface area contributed by atoms with Crippen molar-refractivity contribution in [2.75, 3.05) is 0 Å². The Kier molecular flexibility index (Phi) is 30.3. The summed E-state index contributed by atoms with van der Waals surface area (Å²) in [6.07, 6.45) is -0.833. The molecule has 0 aromatic heterocycles. The second-order valence-electron chi connectivity index (χ2n) is 6.32. The number of hydrogen-bond donors (Lipinski definition) is 0. The molecule has 0 saturated heterocycles. The molecule has 0 aliphatic heterocycles. The van der Waals surface area contributed by atoms with Crippen LogP contribution in [0.3, 0.4) is 0 Å². The van der Waals surface area contributed by atoms with Crippen molar-refractivity contribution >= 4 is 16.6 Å². The molecule has 19 heavy (non-hydrogen) atoms. The standard InChI is InChI=1S/2C3H9OSi.2C3H7O.Ce/c2*1-5(2,3)4;2*1-3(2)4;/h2*1-3H3;2*3H,1-2H3;/q4*-1;+4. The second kappa shape index (κ2) is 17.7. The minimum absolute atomic E-state index is 0. The Labute approximate surface area is 156 Å². The smallest absolute Gasteiger partial charge is 0.859 e. The molecule has 0 fully saturated rings. The molecule has 116 valence electrons. The summed E-state index contributed by atoms with van der Waals surface area (Å²) in [5.74, 6) is 0. The van der Waals surface area contributed by atoms with E-state index >= 15 is 0 Å². The van der Waals surface area contributed by atoms with Gasteiger partial charge in [0.05, 0.1) is 0 Å². The topological polar surface area (TPSA) is 92.2 Å². The molecule has 0 radical (unpaired) electrons. The average molecular weight is 437 g/mol. The Hall–Kier alpha value is 1.65. The Balaban J connectivity index is -0.0000000453. The predicted molar refractivity (Wildman–Crippen MR) is 77.0 cm³/mol. The SMILES string of the molecule is CC(C)[O-].CC(C)[O-].C[Si](C)(C)[O-].C[Si](C)(C)[O-].[Ce+4]. The molecule has 0 bridgehead atoms. The number of rotatable bonds is 0. The third kappa shape index (κ3) is 2250. The summed E-state index contributed by atoms with van der Waals surface area (Å²) < 4.78 is 0. The fourth-order valence-corrected chi connectivity index (χ4v) is 0. The summed E-state index contributed by atoms with van der Waals surface area (Å²) in [5.41, 5.74) is 0. The summed E-state index contributed by atoms with van der Waals surface area (Å²) in [7, 11) is -3.72. The summed E-state index contributed by atoms with van der Waals surface area (Å²) in [4.78, 5) is 20.5. The van der Waals surface area contributed by atoms with Crippen molar-refractivity contribution in [3.05, 3.63) is 0 Å². The van der Waals surface area contributed by atoms with Gasteiger partial charge in [0.2, 0.25) is 0 Å². The van der Waals surface area contributed by atoms with Crippen LogP contribution in [0, 0.1) is 41.7 Å². The maximum Gasteiger partial charge on any atom is 4.00 e. The summed E-state index contributed by atoms with van der Waals surface area (Å²) >= 11 is 0. The first-order valence-corrected chi connectivity index (χ1v) is 13.0. The van der Waals surface area contributed by atoms with Crippen LogP contribution < -0.4 is 19.8 Å². The largest absolute Gasteiger partial charge is 4.00 e. The molecule has 0 rings (SSSR count). The van der Waals surface area contributed by atoms with E-state index in [4.69, 9.17) is 0 Å². The van der Waals surface area contributed by atoms with E-state index in [-0.39, 0.29) is 41.7 Å². The molecule has 0 amide bonds. The van der Waals surface area contributed by atoms with Gasteiger partial charge in [-0.2, -0.15) is 0 Å². The van der Waals surface area contributed by atoms with E-state index in [1.807, 2.05) is 0 Å². The summed E-state index contributed by atoms with van der Waals surface area (Å²) in [5, 5.41) is 19.1. The maximum absolute atomic E-state index is 10.2. The van der Waals surface area contributed by atoms with Crippen molar-refractivity contribution in [2.24, 2.45) is 0 Å². The van der Waals surface area contributed by atoms with Gasteiger partial charge >= 0.3 is 41.7 Å². The van der Waals surface area contributed by atoms with E-state index in [1.165, 1.54) is 0 Å². The zero-order valence-corrected chi connectivity index (χ0v) is 19.4. The third-order valence-corrected chi connectivity index (χ3v) is 0. The van der Waals surface area contributed by atoms with E-state index in [0.717, 1.165) is 0 Å². The molecule has 4 nitrogen and oxygen atoms in total. The molecule has 0 aliphatic rings. The van der Waals surface area contributed by atoms with Gasteiger partial charge < -0.3 is 19.8 Å². The van der Waals surface area contributed by atoms with Crippen LogP contribution in [0.25, 0.3) is 0 Å². The fourth-order valence-electron chi connectivity index (χ4n) is 0. The van der Waals surface area contributed by atoms with Crippen LogP contribution >= 0.6 is 0 Å². The van der Waals surface area contributed by atoms with Gasteiger partial charge in [0, 0.05) is 0 Å². The Morgan fingerprint density at radius 3 is 0.579 bits per heavy atom. The van der Waals surface area contributed by atoms with Gasteiger partial charge in [0.1, 0.15) is 0 Å². The van der Waals surface area contributed by atoms with E-state index < -0.39 is 28.8 Å². The van der Waals surface area contributed by atoms with Crippen molar-refractivity contribution in [2.45, 2.75) is 79.2 Å². The molecule has 0 N–H and O–H groups in total. The van der Waals surface area contributed by atoms with Crippen LogP contribution in [-0.4, -0.2) is 28.8 Å². The molecular formula is C12H32CeO4Si2.